The summed E-state index contributed by atoms with van der Waals surface area (Å²) in [5, 5.41) is 1.20. The van der Waals surface area contributed by atoms with Gasteiger partial charge in [0, 0.05) is 36.7 Å². The molecule has 2 aromatic carbocycles. The summed E-state index contributed by atoms with van der Waals surface area (Å²) in [6.07, 6.45) is 4.03. The van der Waals surface area contributed by atoms with Gasteiger partial charge in [0.25, 0.3) is 0 Å². The molecule has 0 spiro atoms. The minimum atomic E-state index is -0.202. The summed E-state index contributed by atoms with van der Waals surface area (Å²) >= 11 is 0. The highest BCUT2D eigenvalue weighted by atomic mass is 35.5. The number of hydrogen-bond acceptors (Lipinski definition) is 5. The molecule has 1 aromatic heterocycles. The molecule has 0 saturated heterocycles. The van der Waals surface area contributed by atoms with E-state index in [1.165, 1.54) is 22.1 Å². The van der Waals surface area contributed by atoms with Gasteiger partial charge in [-0.05, 0) is 54.7 Å². The number of hydrogen-bond donors (Lipinski definition) is 0. The summed E-state index contributed by atoms with van der Waals surface area (Å²) in [4.78, 5) is 14.5. The van der Waals surface area contributed by atoms with E-state index < -0.39 is 0 Å². The summed E-state index contributed by atoms with van der Waals surface area (Å²) in [7, 11) is 3.36. The molecule has 0 aliphatic carbocycles. The molecule has 0 unspecified atom stereocenters. The van der Waals surface area contributed by atoms with Gasteiger partial charge in [-0.2, -0.15) is 0 Å². The molecule has 0 saturated carbocycles. The second kappa shape index (κ2) is 10.7. The van der Waals surface area contributed by atoms with E-state index in [1.807, 2.05) is 17.6 Å². The number of nitrogens with zero attached hydrogens (tertiary/aromatic N) is 2. The molecular formula is C25H31ClN2O4. The maximum Gasteiger partial charge on any atom is 0.325 e. The Kier molecular flexibility index (Phi) is 8.04. The quantitative estimate of drug-likeness (QED) is 0.472. The van der Waals surface area contributed by atoms with Gasteiger partial charge in [-0.15, -0.1) is 12.4 Å². The van der Waals surface area contributed by atoms with Gasteiger partial charge in [0.1, 0.15) is 6.54 Å². The second-order valence-corrected chi connectivity index (χ2v) is 7.86. The zero-order valence-electron chi connectivity index (χ0n) is 18.9. The molecule has 7 heteroatoms. The van der Waals surface area contributed by atoms with Crippen LogP contribution < -0.4 is 9.47 Å². The monoisotopic (exact) mass is 458 g/mol. The topological polar surface area (TPSA) is 52.9 Å². The Hall–Kier alpha value is -2.70. The van der Waals surface area contributed by atoms with Crippen molar-refractivity contribution in [3.63, 3.8) is 0 Å². The van der Waals surface area contributed by atoms with Gasteiger partial charge in [-0.3, -0.25) is 9.69 Å². The van der Waals surface area contributed by atoms with Crippen LogP contribution in [0, 0.1) is 0 Å². The van der Waals surface area contributed by atoms with Crippen molar-refractivity contribution in [2.45, 2.75) is 32.9 Å². The van der Waals surface area contributed by atoms with Crippen LogP contribution in [0.5, 0.6) is 11.5 Å². The number of halogens is 1. The van der Waals surface area contributed by atoms with Crippen molar-refractivity contribution < 1.29 is 19.0 Å². The van der Waals surface area contributed by atoms with Crippen molar-refractivity contribution in [1.29, 1.82) is 0 Å². The molecule has 1 aliphatic rings. The van der Waals surface area contributed by atoms with E-state index in [0.717, 1.165) is 49.5 Å². The van der Waals surface area contributed by atoms with Crippen LogP contribution in [0.25, 0.3) is 10.9 Å². The highest BCUT2D eigenvalue weighted by Crippen LogP contribution is 2.33. The van der Waals surface area contributed by atoms with Gasteiger partial charge in [-0.1, -0.05) is 18.2 Å². The summed E-state index contributed by atoms with van der Waals surface area (Å²) < 4.78 is 18.1. The normalized spacial score (nSPS) is 13.3. The fourth-order valence-electron chi connectivity index (χ4n) is 4.41. The van der Waals surface area contributed by atoms with Crippen LogP contribution in [0.3, 0.4) is 0 Å². The summed E-state index contributed by atoms with van der Waals surface area (Å²) in [6, 6.07) is 12.5. The smallest absolute Gasteiger partial charge is 0.325 e. The molecule has 2 heterocycles. The molecule has 0 radical (unpaired) electrons. The second-order valence-electron chi connectivity index (χ2n) is 7.86. The van der Waals surface area contributed by atoms with Crippen molar-refractivity contribution in [2.75, 3.05) is 33.9 Å². The average molecular weight is 459 g/mol. The standard InChI is InChI=1S/C25H30N2O4.ClH/c1-4-31-25(28)17-27-16-19(21-7-5-6-8-22(21)27)10-12-26-11-9-18-13-23(29-2)24(30-3)14-20(18)15-26;/h5-8,13-14,16H,4,9-12,15,17H2,1-3H3;1H. The molecular weight excluding hydrogens is 428 g/mol. The van der Waals surface area contributed by atoms with Crippen molar-refractivity contribution in [1.82, 2.24) is 9.47 Å². The SMILES string of the molecule is CCOC(=O)Cn1cc(CCN2CCc3cc(OC)c(OC)cc3C2)c2ccccc21.Cl. The van der Waals surface area contributed by atoms with E-state index in [1.54, 1.807) is 14.2 Å². The fraction of sp³-hybridized carbons (Fsp3) is 0.400. The van der Waals surface area contributed by atoms with Crippen LogP contribution in [0.15, 0.2) is 42.6 Å². The Morgan fingerprint density at radius 2 is 1.78 bits per heavy atom. The summed E-state index contributed by atoms with van der Waals surface area (Å²) in [6.45, 7) is 5.35. The lowest BCUT2D eigenvalue weighted by molar-refractivity contribution is -0.143. The number of para-hydroxylation sites is 1. The lowest BCUT2D eigenvalue weighted by atomic mass is 9.98. The Balaban J connectivity index is 0.00000289. The van der Waals surface area contributed by atoms with E-state index in [0.29, 0.717) is 6.61 Å². The average Bonchev–Trinajstić information content (AvgIpc) is 3.14. The largest absolute Gasteiger partial charge is 0.493 e. The van der Waals surface area contributed by atoms with Gasteiger partial charge < -0.3 is 18.8 Å². The minimum absolute atomic E-state index is 0. The van der Waals surface area contributed by atoms with E-state index in [2.05, 4.69) is 41.4 Å². The number of fused-ring (bicyclic) bond motifs is 2. The predicted octanol–water partition coefficient (Wildman–Crippen LogP) is 4.24. The number of ether oxygens (including phenoxy) is 3. The summed E-state index contributed by atoms with van der Waals surface area (Å²) in [5.74, 6) is 1.38. The number of aromatic nitrogens is 1. The molecule has 1 aliphatic heterocycles. The molecule has 3 aromatic rings. The van der Waals surface area contributed by atoms with E-state index in [9.17, 15) is 4.79 Å². The zero-order valence-corrected chi connectivity index (χ0v) is 19.7. The van der Waals surface area contributed by atoms with Gasteiger partial charge in [0.05, 0.1) is 20.8 Å². The fourth-order valence-corrected chi connectivity index (χ4v) is 4.41. The molecule has 0 fully saturated rings. The summed E-state index contributed by atoms with van der Waals surface area (Å²) in [5.41, 5.74) is 4.97. The first-order chi connectivity index (χ1) is 15.1. The molecule has 6 nitrogen and oxygen atoms in total. The number of rotatable bonds is 8. The number of carbonyl (C=O) groups excluding carboxylic acids is 1. The van der Waals surface area contributed by atoms with Crippen LogP contribution in [0.4, 0.5) is 0 Å². The number of benzene rings is 2. The van der Waals surface area contributed by atoms with Gasteiger partial charge in [0.2, 0.25) is 0 Å². The minimum Gasteiger partial charge on any atom is -0.493 e. The van der Waals surface area contributed by atoms with Crippen LogP contribution in [-0.4, -0.2) is 49.4 Å². The molecule has 0 N–H and O–H groups in total. The molecule has 172 valence electrons. The molecule has 0 amide bonds. The Labute approximate surface area is 195 Å². The molecule has 4 rings (SSSR count). The van der Waals surface area contributed by atoms with Crippen molar-refractivity contribution in [3.05, 3.63) is 59.3 Å². The van der Waals surface area contributed by atoms with Crippen molar-refractivity contribution in [2.24, 2.45) is 0 Å². The van der Waals surface area contributed by atoms with Crippen molar-refractivity contribution in [3.8, 4) is 11.5 Å². The van der Waals surface area contributed by atoms with Crippen molar-refractivity contribution >= 4 is 29.3 Å². The Morgan fingerprint density at radius 1 is 1.06 bits per heavy atom. The van der Waals surface area contributed by atoms with Gasteiger partial charge in [-0.25, -0.2) is 0 Å². The molecule has 0 atom stereocenters. The third kappa shape index (κ3) is 5.03. The first kappa shape index (κ1) is 24.0. The maximum atomic E-state index is 12.0. The number of carbonyl (C=O) groups is 1. The zero-order chi connectivity index (χ0) is 21.8. The van der Waals surface area contributed by atoms with Crippen LogP contribution in [-0.2, 0) is 35.5 Å². The van der Waals surface area contributed by atoms with Gasteiger partial charge >= 0.3 is 5.97 Å². The van der Waals surface area contributed by atoms with Gasteiger partial charge in [0.15, 0.2) is 11.5 Å². The van der Waals surface area contributed by atoms with E-state index in [-0.39, 0.29) is 24.9 Å². The lowest BCUT2D eigenvalue weighted by Gasteiger charge is -2.29. The van der Waals surface area contributed by atoms with E-state index in [4.69, 9.17) is 14.2 Å². The first-order valence-corrected chi connectivity index (χ1v) is 10.8. The van der Waals surface area contributed by atoms with Crippen LogP contribution >= 0.6 is 12.4 Å². The van der Waals surface area contributed by atoms with Crippen LogP contribution in [0.2, 0.25) is 0 Å². The predicted molar refractivity (Wildman–Crippen MR) is 128 cm³/mol. The first-order valence-electron chi connectivity index (χ1n) is 10.8. The molecule has 0 bridgehead atoms. The maximum absolute atomic E-state index is 12.0. The van der Waals surface area contributed by atoms with E-state index >= 15 is 0 Å². The van der Waals surface area contributed by atoms with Crippen LogP contribution in [0.1, 0.15) is 23.6 Å². The number of methoxy groups -OCH3 is 2. The number of esters is 1. The third-order valence-corrected chi connectivity index (χ3v) is 5.97. The Morgan fingerprint density at radius 3 is 2.50 bits per heavy atom. The third-order valence-electron chi connectivity index (χ3n) is 5.97. The Bertz CT molecular complexity index is 1080. The lowest BCUT2D eigenvalue weighted by Crippen LogP contribution is -2.32. The highest BCUT2D eigenvalue weighted by Gasteiger charge is 2.20. The highest BCUT2D eigenvalue weighted by molar-refractivity contribution is 5.86. The molecule has 32 heavy (non-hydrogen) atoms.